The standard InChI is InChI=1S/2C9H7.C2H7Ge.2ClH.Zr/c2*1-2-5-9-7-3-6-8(9)4-1;1-3-2;;;/h2*1-7H;3H,1-2H3;2*1H;/q2*-1;;;;+4/p-2. The monoisotopic (exact) mass is 495 g/mol. The zero-order chi connectivity index (χ0) is 14.9. The van der Waals surface area contributed by atoms with E-state index < -0.39 is 0 Å². The average molecular weight is 496 g/mol. The molecular weight excluding hydrogens is 475 g/mol. The fraction of sp³-hybridized carbons (Fsp3) is 0.100. The first kappa shape index (κ1) is 25.9. The summed E-state index contributed by atoms with van der Waals surface area (Å²) in [5.74, 6) is 4.56. The first-order valence-electron chi connectivity index (χ1n) is 7.30. The summed E-state index contributed by atoms with van der Waals surface area (Å²) in [7, 11) is 0. The summed E-state index contributed by atoms with van der Waals surface area (Å²) in [6.45, 7) is 0. The maximum absolute atomic E-state index is 2.28. The van der Waals surface area contributed by atoms with Crippen molar-refractivity contribution in [3.05, 3.63) is 84.9 Å². The van der Waals surface area contributed by atoms with Crippen molar-refractivity contribution in [2.45, 2.75) is 11.5 Å². The van der Waals surface area contributed by atoms with Gasteiger partial charge in [-0.1, -0.05) is 12.1 Å². The molecule has 0 N–H and O–H groups in total. The van der Waals surface area contributed by atoms with Gasteiger partial charge in [0.25, 0.3) is 0 Å². The van der Waals surface area contributed by atoms with E-state index in [1.54, 1.807) is 0 Å². The molecule has 0 aliphatic rings. The average Bonchev–Trinajstić information content (AvgIpc) is 3.17. The third-order valence-electron chi connectivity index (χ3n) is 3.10. The SMILES string of the molecule is [CH3][GeH][CH3].[Cl-].[Cl-].[Zr+4].c1ccc2[cH-]ccc2c1.c1ccc2[cH-]ccc2c1. The Morgan fingerprint density at radius 2 is 0.958 bits per heavy atom. The topological polar surface area (TPSA) is 0 Å². The molecule has 0 aliphatic heterocycles. The maximum Gasteiger partial charge on any atom is 4.00 e. The Hall–Kier alpha value is -0.334. The third kappa shape index (κ3) is 8.16. The summed E-state index contributed by atoms with van der Waals surface area (Å²) in [4.78, 5) is 0. The Morgan fingerprint density at radius 3 is 1.29 bits per heavy atom. The van der Waals surface area contributed by atoms with Gasteiger partial charge < -0.3 is 24.8 Å². The predicted molar refractivity (Wildman–Crippen MR) is 98.0 cm³/mol. The van der Waals surface area contributed by atoms with Crippen LogP contribution in [0.15, 0.2) is 84.9 Å². The van der Waals surface area contributed by atoms with Gasteiger partial charge in [0, 0.05) is 0 Å². The minimum atomic E-state index is 0. The summed E-state index contributed by atoms with van der Waals surface area (Å²) in [5, 5.41) is 5.32. The van der Waals surface area contributed by atoms with Crippen LogP contribution < -0.4 is 24.8 Å². The van der Waals surface area contributed by atoms with Crippen LogP contribution in [-0.4, -0.2) is 15.4 Å². The van der Waals surface area contributed by atoms with E-state index >= 15 is 0 Å². The molecule has 24 heavy (non-hydrogen) atoms. The minimum absolute atomic E-state index is 0. The Morgan fingerprint density at radius 1 is 0.625 bits per heavy atom. The molecule has 0 fully saturated rings. The quantitative estimate of drug-likeness (QED) is 0.231. The van der Waals surface area contributed by atoms with Crippen molar-refractivity contribution in [3.8, 4) is 0 Å². The molecule has 4 heteroatoms. The summed E-state index contributed by atoms with van der Waals surface area (Å²) < 4.78 is 0. The molecule has 0 spiro atoms. The molecule has 0 unspecified atom stereocenters. The summed E-state index contributed by atoms with van der Waals surface area (Å²) in [6, 6.07) is 29.3. The molecule has 1 radical (unpaired) electrons. The van der Waals surface area contributed by atoms with Crippen molar-refractivity contribution in [1.29, 1.82) is 0 Å². The van der Waals surface area contributed by atoms with Crippen molar-refractivity contribution in [1.82, 2.24) is 0 Å². The second kappa shape index (κ2) is 15.0. The third-order valence-corrected chi connectivity index (χ3v) is 3.10. The van der Waals surface area contributed by atoms with Crippen LogP contribution in [0.1, 0.15) is 0 Å². The van der Waals surface area contributed by atoms with E-state index in [9.17, 15) is 0 Å². The fourth-order valence-corrected chi connectivity index (χ4v) is 2.14. The molecule has 0 heterocycles. The van der Waals surface area contributed by atoms with E-state index in [-0.39, 0.29) is 51.0 Å². The van der Waals surface area contributed by atoms with Crippen LogP contribution >= 0.6 is 0 Å². The van der Waals surface area contributed by atoms with Crippen molar-refractivity contribution in [2.75, 3.05) is 0 Å². The second-order valence-electron chi connectivity index (χ2n) is 4.89. The molecule has 4 rings (SSSR count). The van der Waals surface area contributed by atoms with E-state index in [1.807, 2.05) is 0 Å². The summed E-state index contributed by atoms with van der Waals surface area (Å²) >= 11 is 0.312. The number of hydrogen-bond acceptors (Lipinski definition) is 0. The van der Waals surface area contributed by atoms with E-state index in [4.69, 9.17) is 0 Å². The molecule has 0 nitrogen and oxygen atoms in total. The second-order valence-corrected chi connectivity index (χ2v) is 7.31. The fourth-order valence-electron chi connectivity index (χ4n) is 2.14. The first-order valence-corrected chi connectivity index (χ1v) is 12.1. The van der Waals surface area contributed by atoms with Gasteiger partial charge in [0.15, 0.2) is 0 Å². The Bertz CT molecular complexity index is 651. The van der Waals surface area contributed by atoms with Crippen LogP contribution in [0.4, 0.5) is 0 Å². The van der Waals surface area contributed by atoms with Gasteiger partial charge in [0.05, 0.1) is 0 Å². The zero-order valence-corrected chi connectivity index (χ0v) is 20.3. The molecular formula is C20H21Cl2GeZr. The molecule has 4 aromatic rings. The number of benzene rings is 2. The minimum Gasteiger partial charge on any atom is -1.00 e. The van der Waals surface area contributed by atoms with Gasteiger partial charge in [-0.3, -0.25) is 0 Å². The smallest absolute Gasteiger partial charge is 1.00 e. The Labute approximate surface area is 183 Å². The van der Waals surface area contributed by atoms with Gasteiger partial charge in [-0.05, 0) is 0 Å². The Kier molecular flexibility index (Phi) is 16.1. The zero-order valence-electron chi connectivity index (χ0n) is 13.9. The van der Waals surface area contributed by atoms with Gasteiger partial charge in [0.1, 0.15) is 0 Å². The van der Waals surface area contributed by atoms with Crippen LogP contribution in [0.25, 0.3) is 21.5 Å². The van der Waals surface area contributed by atoms with Crippen LogP contribution in [0.2, 0.25) is 11.5 Å². The molecule has 0 saturated carbocycles. The van der Waals surface area contributed by atoms with Crippen molar-refractivity contribution in [2.24, 2.45) is 0 Å². The van der Waals surface area contributed by atoms with Crippen LogP contribution in [0, 0.1) is 0 Å². The Balaban J connectivity index is 0. The van der Waals surface area contributed by atoms with Crippen LogP contribution in [0.3, 0.4) is 0 Å². The van der Waals surface area contributed by atoms with Gasteiger partial charge in [-0.25, -0.2) is 0 Å². The number of rotatable bonds is 0. The number of halogens is 2. The molecule has 0 aliphatic carbocycles. The molecule has 0 aromatic heterocycles. The molecule has 0 atom stereocenters. The van der Waals surface area contributed by atoms with Crippen LogP contribution in [0.5, 0.6) is 0 Å². The van der Waals surface area contributed by atoms with Crippen molar-refractivity contribution in [3.63, 3.8) is 0 Å². The van der Waals surface area contributed by atoms with Crippen LogP contribution in [-0.2, 0) is 26.2 Å². The largest absolute Gasteiger partial charge is 4.00 e. The normalized spacial score (nSPS) is 8.42. The van der Waals surface area contributed by atoms with E-state index in [1.165, 1.54) is 21.5 Å². The molecule has 123 valence electrons. The van der Waals surface area contributed by atoms with E-state index in [0.29, 0.717) is 15.4 Å². The molecule has 0 bridgehead atoms. The van der Waals surface area contributed by atoms with Gasteiger partial charge in [-0.2, -0.15) is 35.0 Å². The van der Waals surface area contributed by atoms with Gasteiger partial charge >= 0.3 is 53.1 Å². The summed E-state index contributed by atoms with van der Waals surface area (Å²) in [6.07, 6.45) is 0. The van der Waals surface area contributed by atoms with E-state index in [0.717, 1.165) is 0 Å². The predicted octanol–water partition coefficient (Wildman–Crippen LogP) is -0.358. The summed E-state index contributed by atoms with van der Waals surface area (Å²) in [5.41, 5.74) is 0. The first-order chi connectivity index (χ1) is 10.3. The maximum atomic E-state index is 2.28. The number of fused-ring (bicyclic) bond motifs is 2. The number of hydrogen-bond donors (Lipinski definition) is 0. The molecule has 0 amide bonds. The van der Waals surface area contributed by atoms with Crippen molar-refractivity contribution < 1.29 is 51.0 Å². The van der Waals surface area contributed by atoms with Gasteiger partial charge in [-0.15, -0.1) is 59.3 Å². The van der Waals surface area contributed by atoms with Crippen molar-refractivity contribution >= 4 is 37.0 Å². The molecule has 0 saturated heterocycles. The van der Waals surface area contributed by atoms with Gasteiger partial charge in [0.2, 0.25) is 0 Å². The molecule has 4 aromatic carbocycles. The van der Waals surface area contributed by atoms with E-state index in [2.05, 4.69) is 96.4 Å².